The molecule has 0 saturated heterocycles. The third-order valence-electron chi connectivity index (χ3n) is 5.38. The summed E-state index contributed by atoms with van der Waals surface area (Å²) in [6.45, 7) is 4.24. The van der Waals surface area contributed by atoms with Gasteiger partial charge in [-0.25, -0.2) is 4.39 Å². The fourth-order valence-electron chi connectivity index (χ4n) is 3.51. The molecule has 0 fully saturated rings. The van der Waals surface area contributed by atoms with E-state index >= 15 is 0 Å². The van der Waals surface area contributed by atoms with Gasteiger partial charge in [-0.2, -0.15) is 5.16 Å². The number of hydrogen-bond acceptors (Lipinski definition) is 4. The molecule has 1 aromatic heterocycles. The second-order valence-electron chi connectivity index (χ2n) is 7.74. The van der Waals surface area contributed by atoms with Crippen molar-refractivity contribution in [3.8, 4) is 16.9 Å². The Labute approximate surface area is 180 Å². The molecule has 2 N–H and O–H groups in total. The Kier molecular flexibility index (Phi) is 7.28. The number of halogens is 1. The molecule has 3 rings (SSSR count). The summed E-state index contributed by atoms with van der Waals surface area (Å²) in [6.07, 6.45) is 2.39. The number of hydrogen-bond donors (Lipinski definition) is 2. The highest BCUT2D eigenvalue weighted by molar-refractivity contribution is 5.91. The summed E-state index contributed by atoms with van der Waals surface area (Å²) in [6, 6.07) is 13.2. The molecule has 31 heavy (non-hydrogen) atoms. The van der Waals surface area contributed by atoms with E-state index in [1.807, 2.05) is 24.3 Å². The summed E-state index contributed by atoms with van der Waals surface area (Å²) < 4.78 is 24.0. The molecule has 0 radical (unpaired) electrons. The molecule has 0 bridgehead atoms. The lowest BCUT2D eigenvalue weighted by Crippen LogP contribution is -2.37. The minimum atomic E-state index is -0.452. The molecule has 164 valence electrons. The van der Waals surface area contributed by atoms with Gasteiger partial charge in [0.1, 0.15) is 11.6 Å². The number of nitrogens with one attached hydrogen (secondary N) is 2. The lowest BCUT2D eigenvalue weighted by atomic mass is 9.93. The predicted octanol–water partition coefficient (Wildman–Crippen LogP) is 4.56. The average Bonchev–Trinajstić information content (AvgIpc) is 3.20. The molecule has 7 heteroatoms. The minimum absolute atomic E-state index is 0.0345. The van der Waals surface area contributed by atoms with Gasteiger partial charge in [-0.1, -0.05) is 44.5 Å². The predicted molar refractivity (Wildman–Crippen MR) is 117 cm³/mol. The lowest BCUT2D eigenvalue weighted by Gasteiger charge is -2.21. The van der Waals surface area contributed by atoms with Crippen molar-refractivity contribution in [3.63, 3.8) is 0 Å². The van der Waals surface area contributed by atoms with Crippen LogP contribution in [0.25, 0.3) is 11.1 Å². The molecule has 2 aromatic carbocycles. The van der Waals surface area contributed by atoms with Crippen LogP contribution in [0.5, 0.6) is 5.75 Å². The highest BCUT2D eigenvalue weighted by Crippen LogP contribution is 2.31. The van der Waals surface area contributed by atoms with Crippen LogP contribution >= 0.6 is 0 Å². The molecule has 0 saturated carbocycles. The number of benzene rings is 2. The summed E-state index contributed by atoms with van der Waals surface area (Å²) in [4.78, 5) is 23.7. The topological polar surface area (TPSA) is 84.3 Å². The molecule has 0 spiro atoms. The van der Waals surface area contributed by atoms with Gasteiger partial charge in [0, 0.05) is 11.6 Å². The normalized spacial score (nSPS) is 12.9. The van der Waals surface area contributed by atoms with Gasteiger partial charge in [0.25, 0.3) is 11.5 Å². The molecular weight excluding hydrogens is 399 g/mol. The van der Waals surface area contributed by atoms with Gasteiger partial charge in [0.05, 0.1) is 13.2 Å². The maximum absolute atomic E-state index is 13.7. The van der Waals surface area contributed by atoms with Crippen molar-refractivity contribution in [3.05, 3.63) is 76.0 Å². The van der Waals surface area contributed by atoms with Crippen LogP contribution in [0, 0.1) is 11.7 Å². The third kappa shape index (κ3) is 5.84. The van der Waals surface area contributed by atoms with Crippen molar-refractivity contribution in [1.29, 1.82) is 0 Å². The van der Waals surface area contributed by atoms with Crippen LogP contribution in [-0.4, -0.2) is 24.2 Å². The van der Waals surface area contributed by atoms with Crippen LogP contribution in [0.1, 0.15) is 42.8 Å². The molecule has 2 atom stereocenters. The molecule has 6 nitrogen and oxygen atoms in total. The minimum Gasteiger partial charge on any atom is -0.496 e. The first-order chi connectivity index (χ1) is 14.9. The molecule has 0 aliphatic rings. The van der Waals surface area contributed by atoms with Crippen molar-refractivity contribution >= 4 is 5.91 Å². The van der Waals surface area contributed by atoms with Gasteiger partial charge < -0.3 is 14.6 Å². The van der Waals surface area contributed by atoms with Crippen molar-refractivity contribution < 1.29 is 18.4 Å². The SMILES string of the molecule is CC[C@H](C)C[C@@H](Cc1ccc(-c2cc(F)ccc2OC)cc1)NC(=O)c1cc(=O)[nH]o1. The number of amides is 1. The number of rotatable bonds is 9. The number of carbonyl (C=O) groups excluding carboxylic acids is 1. The van der Waals surface area contributed by atoms with Crippen LogP contribution in [0.3, 0.4) is 0 Å². The Bertz CT molecular complexity index is 1070. The Morgan fingerprint density at radius 1 is 1.19 bits per heavy atom. The van der Waals surface area contributed by atoms with Crippen LogP contribution in [-0.2, 0) is 6.42 Å². The van der Waals surface area contributed by atoms with Crippen molar-refractivity contribution in [2.24, 2.45) is 5.92 Å². The summed E-state index contributed by atoms with van der Waals surface area (Å²) in [5.74, 6) is 0.233. The van der Waals surface area contributed by atoms with E-state index in [4.69, 9.17) is 9.26 Å². The first-order valence-corrected chi connectivity index (χ1v) is 10.3. The summed E-state index contributed by atoms with van der Waals surface area (Å²) >= 11 is 0. The Balaban J connectivity index is 1.77. The van der Waals surface area contributed by atoms with E-state index in [-0.39, 0.29) is 17.6 Å². The zero-order valence-corrected chi connectivity index (χ0v) is 17.9. The molecule has 0 aliphatic carbocycles. The van der Waals surface area contributed by atoms with Crippen molar-refractivity contribution in [2.45, 2.75) is 39.2 Å². The van der Waals surface area contributed by atoms with E-state index in [2.05, 4.69) is 24.3 Å². The first-order valence-electron chi connectivity index (χ1n) is 10.3. The smallest absolute Gasteiger partial charge is 0.290 e. The molecular formula is C24H27FN2O4. The standard InChI is InChI=1S/C24H27FN2O4/c1-4-15(2)11-19(26-24(29)22-14-23(28)27-31-22)12-16-5-7-17(8-6-16)20-13-18(25)9-10-21(20)30-3/h5-10,13-15,19H,4,11-12H2,1-3H3,(H,26,29)(H,27,28)/t15-,19-/m0/s1. The molecule has 1 heterocycles. The van der Waals surface area contributed by atoms with Gasteiger partial charge in [-0.15, -0.1) is 0 Å². The molecule has 3 aromatic rings. The summed E-state index contributed by atoms with van der Waals surface area (Å²) in [7, 11) is 1.56. The van der Waals surface area contributed by atoms with Gasteiger partial charge in [0.15, 0.2) is 0 Å². The van der Waals surface area contributed by atoms with Crippen LogP contribution in [0.4, 0.5) is 4.39 Å². The second-order valence-corrected chi connectivity index (χ2v) is 7.74. The maximum Gasteiger partial charge on any atom is 0.290 e. The van der Waals surface area contributed by atoms with Gasteiger partial charge in [-0.3, -0.25) is 9.59 Å². The maximum atomic E-state index is 13.7. The Hall–Kier alpha value is -3.35. The zero-order chi connectivity index (χ0) is 22.4. The quantitative estimate of drug-likeness (QED) is 0.525. The number of H-pyrrole nitrogens is 1. The van der Waals surface area contributed by atoms with E-state index in [0.717, 1.165) is 30.0 Å². The van der Waals surface area contributed by atoms with Crippen molar-refractivity contribution in [2.75, 3.05) is 7.11 Å². The number of aromatic amines is 1. The summed E-state index contributed by atoms with van der Waals surface area (Å²) in [5, 5.41) is 5.10. The van der Waals surface area contributed by atoms with E-state index < -0.39 is 11.5 Å². The van der Waals surface area contributed by atoms with E-state index in [9.17, 15) is 14.0 Å². The molecule has 0 aliphatic heterocycles. The monoisotopic (exact) mass is 426 g/mol. The van der Waals surface area contributed by atoms with E-state index in [1.54, 1.807) is 13.2 Å². The van der Waals surface area contributed by atoms with Crippen molar-refractivity contribution in [1.82, 2.24) is 10.5 Å². The van der Waals surface area contributed by atoms with E-state index in [1.165, 1.54) is 12.1 Å². The molecule has 0 unspecified atom stereocenters. The van der Waals surface area contributed by atoms with Crippen LogP contribution in [0.2, 0.25) is 0 Å². The van der Waals surface area contributed by atoms with Gasteiger partial charge in [0.2, 0.25) is 5.76 Å². The number of ether oxygens (including phenoxy) is 1. The number of carbonyl (C=O) groups is 1. The number of aromatic nitrogens is 1. The molecule has 1 amide bonds. The summed E-state index contributed by atoms with van der Waals surface area (Å²) in [5.41, 5.74) is 2.10. The first kappa shape index (κ1) is 22.3. The largest absolute Gasteiger partial charge is 0.496 e. The Morgan fingerprint density at radius 3 is 2.55 bits per heavy atom. The van der Waals surface area contributed by atoms with Crippen LogP contribution in [0.15, 0.2) is 57.8 Å². The van der Waals surface area contributed by atoms with Crippen LogP contribution < -0.4 is 15.6 Å². The number of methoxy groups -OCH3 is 1. The highest BCUT2D eigenvalue weighted by Gasteiger charge is 2.19. The fraction of sp³-hybridized carbons (Fsp3) is 0.333. The highest BCUT2D eigenvalue weighted by atomic mass is 19.1. The third-order valence-corrected chi connectivity index (χ3v) is 5.38. The zero-order valence-electron chi connectivity index (χ0n) is 17.9. The van der Waals surface area contributed by atoms with Gasteiger partial charge in [-0.05, 0) is 48.1 Å². The fourth-order valence-corrected chi connectivity index (χ4v) is 3.51. The average molecular weight is 426 g/mol. The van der Waals surface area contributed by atoms with E-state index in [0.29, 0.717) is 23.7 Å². The lowest BCUT2D eigenvalue weighted by molar-refractivity contribution is 0.0894. The van der Waals surface area contributed by atoms with Gasteiger partial charge >= 0.3 is 0 Å². The second kappa shape index (κ2) is 10.1. The Morgan fingerprint density at radius 2 is 1.94 bits per heavy atom.